The molecule has 0 aliphatic heterocycles. The SMILES string of the molecule is O=C(NCCC(O)C(O)c1c(C(F)(F)F)nc[nH]c1=O)OCC1c2ccccc2-c2ccccc21. The van der Waals surface area contributed by atoms with E-state index in [2.05, 4.69) is 10.3 Å². The van der Waals surface area contributed by atoms with Crippen molar-refractivity contribution < 1.29 is 32.9 Å². The highest BCUT2D eigenvalue weighted by molar-refractivity contribution is 5.79. The van der Waals surface area contributed by atoms with E-state index in [1.807, 2.05) is 53.5 Å². The molecule has 1 amide bonds. The van der Waals surface area contributed by atoms with Gasteiger partial charge in [-0.1, -0.05) is 48.5 Å². The predicted octanol–water partition coefficient (Wildman–Crippen LogP) is 3.11. The molecule has 2 atom stereocenters. The Balaban J connectivity index is 1.33. The first kappa shape index (κ1) is 24.4. The first-order chi connectivity index (χ1) is 16.7. The highest BCUT2D eigenvalue weighted by Crippen LogP contribution is 2.44. The number of benzene rings is 2. The Morgan fingerprint density at radius 2 is 1.69 bits per heavy atom. The van der Waals surface area contributed by atoms with Gasteiger partial charge in [0.25, 0.3) is 5.56 Å². The van der Waals surface area contributed by atoms with Crippen LogP contribution in [-0.2, 0) is 10.9 Å². The van der Waals surface area contributed by atoms with Crippen LogP contribution in [0.4, 0.5) is 18.0 Å². The van der Waals surface area contributed by atoms with Crippen molar-refractivity contribution in [1.82, 2.24) is 15.3 Å². The monoisotopic (exact) mass is 489 g/mol. The summed E-state index contributed by atoms with van der Waals surface area (Å²) in [5.41, 5.74) is 0.300. The van der Waals surface area contributed by atoms with Crippen molar-refractivity contribution in [3.05, 3.63) is 87.6 Å². The molecule has 1 aromatic heterocycles. The van der Waals surface area contributed by atoms with Gasteiger partial charge in [-0.15, -0.1) is 0 Å². The maximum atomic E-state index is 13.1. The number of halogens is 3. The highest BCUT2D eigenvalue weighted by Gasteiger charge is 2.40. The fourth-order valence-electron chi connectivity index (χ4n) is 4.23. The lowest BCUT2D eigenvalue weighted by Crippen LogP contribution is -2.34. The van der Waals surface area contributed by atoms with E-state index in [4.69, 9.17) is 4.74 Å². The molecule has 0 saturated carbocycles. The summed E-state index contributed by atoms with van der Waals surface area (Å²) in [6.07, 6.45) is -9.49. The molecule has 8 nitrogen and oxygen atoms in total. The normalized spacial score (nSPS) is 14.7. The van der Waals surface area contributed by atoms with Gasteiger partial charge in [-0.05, 0) is 28.7 Å². The fourth-order valence-corrected chi connectivity index (χ4v) is 4.23. The van der Waals surface area contributed by atoms with Crippen LogP contribution in [-0.4, -0.2) is 45.5 Å². The lowest BCUT2D eigenvalue weighted by Gasteiger charge is -2.20. The van der Waals surface area contributed by atoms with Crippen molar-refractivity contribution in [1.29, 1.82) is 0 Å². The molecule has 1 aliphatic carbocycles. The number of alkyl carbamates (subject to hydrolysis) is 1. The zero-order valence-corrected chi connectivity index (χ0v) is 18.2. The average Bonchev–Trinajstić information content (AvgIpc) is 3.15. The van der Waals surface area contributed by atoms with Gasteiger partial charge in [-0.25, -0.2) is 9.78 Å². The number of aliphatic hydroxyl groups excluding tert-OH is 2. The summed E-state index contributed by atoms with van der Waals surface area (Å²) in [6.45, 7) is -0.153. The number of nitrogens with one attached hydrogen (secondary N) is 2. The number of aromatic nitrogens is 2. The Labute approximate surface area is 197 Å². The van der Waals surface area contributed by atoms with Crippen molar-refractivity contribution in [3.8, 4) is 11.1 Å². The van der Waals surface area contributed by atoms with Crippen LogP contribution >= 0.6 is 0 Å². The van der Waals surface area contributed by atoms with Crippen LogP contribution in [0.2, 0.25) is 0 Å². The molecule has 0 spiro atoms. The van der Waals surface area contributed by atoms with Crippen LogP contribution in [0, 0.1) is 0 Å². The standard InChI is InChI=1S/C24H22F3N3O5/c25-24(26,27)21-19(22(33)30-12-29-21)20(32)18(31)9-10-28-23(34)35-11-17-15-7-3-1-5-13(15)14-6-2-4-8-16(14)17/h1-8,12,17-18,20,31-32H,9-11H2,(H,28,34)(H,29,30,33). The molecule has 4 rings (SSSR count). The quantitative estimate of drug-likeness (QED) is 0.404. The third-order valence-electron chi connectivity index (χ3n) is 5.87. The van der Waals surface area contributed by atoms with Gasteiger partial charge < -0.3 is 25.3 Å². The van der Waals surface area contributed by atoms with Gasteiger partial charge in [0.05, 0.1) is 18.0 Å². The summed E-state index contributed by atoms with van der Waals surface area (Å²) in [7, 11) is 0. The first-order valence-electron chi connectivity index (χ1n) is 10.8. The molecule has 1 aliphatic rings. The number of hydrogen-bond donors (Lipinski definition) is 4. The van der Waals surface area contributed by atoms with Crippen molar-refractivity contribution in [3.63, 3.8) is 0 Å². The first-order valence-corrected chi connectivity index (χ1v) is 10.8. The molecule has 4 N–H and O–H groups in total. The Morgan fingerprint density at radius 1 is 1.09 bits per heavy atom. The minimum absolute atomic E-state index is 0.0606. The molecule has 184 valence electrons. The third kappa shape index (κ3) is 5.05. The van der Waals surface area contributed by atoms with Crippen molar-refractivity contribution in [2.24, 2.45) is 0 Å². The summed E-state index contributed by atoms with van der Waals surface area (Å²) in [5, 5.41) is 22.7. The van der Waals surface area contributed by atoms with Crippen LogP contribution in [0.1, 0.15) is 40.8 Å². The van der Waals surface area contributed by atoms with E-state index in [1.54, 1.807) is 0 Å². The summed E-state index contributed by atoms with van der Waals surface area (Å²) >= 11 is 0. The summed E-state index contributed by atoms with van der Waals surface area (Å²) in [4.78, 5) is 29.1. The Kier molecular flexibility index (Phi) is 6.90. The second-order valence-corrected chi connectivity index (χ2v) is 8.04. The number of fused-ring (bicyclic) bond motifs is 3. The number of hydrogen-bond acceptors (Lipinski definition) is 6. The number of H-pyrrole nitrogens is 1. The minimum atomic E-state index is -5.00. The number of carbonyl (C=O) groups is 1. The minimum Gasteiger partial charge on any atom is -0.449 e. The van der Waals surface area contributed by atoms with Gasteiger partial charge in [-0.3, -0.25) is 4.79 Å². The van der Waals surface area contributed by atoms with Gasteiger partial charge in [0.2, 0.25) is 0 Å². The second kappa shape index (κ2) is 9.88. The Bertz CT molecular complexity index is 1230. The highest BCUT2D eigenvalue weighted by atomic mass is 19.4. The molecule has 0 saturated heterocycles. The molecule has 0 bridgehead atoms. The average molecular weight is 489 g/mol. The van der Waals surface area contributed by atoms with Gasteiger partial charge in [0.1, 0.15) is 12.7 Å². The molecule has 11 heteroatoms. The van der Waals surface area contributed by atoms with Crippen LogP contribution < -0.4 is 10.9 Å². The van der Waals surface area contributed by atoms with Gasteiger partial charge in [0, 0.05) is 12.5 Å². The number of alkyl halides is 3. The Morgan fingerprint density at radius 3 is 2.29 bits per heavy atom. The summed E-state index contributed by atoms with van der Waals surface area (Å²) in [5.74, 6) is -0.154. The zero-order chi connectivity index (χ0) is 25.2. The van der Waals surface area contributed by atoms with E-state index in [0.29, 0.717) is 6.33 Å². The smallest absolute Gasteiger partial charge is 0.433 e. The largest absolute Gasteiger partial charge is 0.449 e. The second-order valence-electron chi connectivity index (χ2n) is 8.04. The fraction of sp³-hybridized carbons (Fsp3) is 0.292. The van der Waals surface area contributed by atoms with E-state index >= 15 is 0 Å². The number of carbonyl (C=O) groups excluding carboxylic acids is 1. The lowest BCUT2D eigenvalue weighted by molar-refractivity contribution is -0.143. The van der Waals surface area contributed by atoms with Crippen molar-refractivity contribution in [2.45, 2.75) is 30.7 Å². The molecule has 0 radical (unpaired) electrons. The molecule has 3 aromatic rings. The van der Waals surface area contributed by atoms with E-state index in [1.165, 1.54) is 0 Å². The number of rotatable bonds is 7. The zero-order valence-electron chi connectivity index (χ0n) is 18.2. The van der Waals surface area contributed by atoms with Crippen LogP contribution in [0.5, 0.6) is 0 Å². The summed E-state index contributed by atoms with van der Waals surface area (Å²) in [6, 6.07) is 15.6. The molecule has 2 aromatic carbocycles. The number of aliphatic hydroxyl groups is 2. The maximum Gasteiger partial charge on any atom is 0.433 e. The van der Waals surface area contributed by atoms with Gasteiger partial charge >= 0.3 is 12.3 Å². The van der Waals surface area contributed by atoms with E-state index in [9.17, 15) is 33.0 Å². The van der Waals surface area contributed by atoms with Crippen LogP contribution in [0.15, 0.2) is 59.7 Å². The maximum absolute atomic E-state index is 13.1. The van der Waals surface area contributed by atoms with Crippen LogP contribution in [0.25, 0.3) is 11.1 Å². The van der Waals surface area contributed by atoms with E-state index in [0.717, 1.165) is 22.3 Å². The van der Waals surface area contributed by atoms with Gasteiger partial charge in [-0.2, -0.15) is 13.2 Å². The van der Waals surface area contributed by atoms with Crippen molar-refractivity contribution >= 4 is 6.09 Å². The molecule has 0 fully saturated rings. The third-order valence-corrected chi connectivity index (χ3v) is 5.87. The molecular weight excluding hydrogens is 467 g/mol. The predicted molar refractivity (Wildman–Crippen MR) is 119 cm³/mol. The molecule has 35 heavy (non-hydrogen) atoms. The number of ether oxygens (including phenoxy) is 1. The molecule has 1 heterocycles. The summed E-state index contributed by atoms with van der Waals surface area (Å²) < 4.78 is 44.7. The number of amides is 1. The van der Waals surface area contributed by atoms with E-state index < -0.39 is 41.3 Å². The number of nitrogens with zero attached hydrogens (tertiary/aromatic N) is 1. The number of aromatic amines is 1. The molecular formula is C24H22F3N3O5. The van der Waals surface area contributed by atoms with Gasteiger partial charge in [0.15, 0.2) is 5.69 Å². The lowest BCUT2D eigenvalue weighted by atomic mass is 9.98. The molecule has 2 unspecified atom stereocenters. The Hall–Kier alpha value is -3.70. The topological polar surface area (TPSA) is 125 Å². The van der Waals surface area contributed by atoms with Crippen LogP contribution in [0.3, 0.4) is 0 Å². The van der Waals surface area contributed by atoms with E-state index in [-0.39, 0.29) is 25.5 Å². The van der Waals surface area contributed by atoms with Crippen molar-refractivity contribution in [2.75, 3.05) is 13.2 Å².